The van der Waals surface area contributed by atoms with Crippen molar-refractivity contribution in [2.24, 2.45) is 0 Å². The first kappa shape index (κ1) is 16.0. The van der Waals surface area contributed by atoms with Gasteiger partial charge in [0.25, 0.3) is 5.56 Å². The maximum Gasteiger partial charge on any atom is 0.416 e. The van der Waals surface area contributed by atoms with Crippen molar-refractivity contribution in [1.82, 2.24) is 9.55 Å². The number of fused-ring (bicyclic) bond motifs is 1. The van der Waals surface area contributed by atoms with E-state index in [1.54, 1.807) is 31.2 Å². The summed E-state index contributed by atoms with van der Waals surface area (Å²) in [6, 6.07) is 9.25. The fraction of sp³-hybridized carbons (Fsp3) is 0.176. The second-order valence-corrected chi connectivity index (χ2v) is 5.51. The highest BCUT2D eigenvalue weighted by Gasteiger charge is 2.31. The lowest BCUT2D eigenvalue weighted by atomic mass is 10.0. The predicted octanol–water partition coefficient (Wildman–Crippen LogP) is 3.61. The van der Waals surface area contributed by atoms with Gasteiger partial charge in [0.05, 0.1) is 28.8 Å². The van der Waals surface area contributed by atoms with Gasteiger partial charge in [-0.25, -0.2) is 4.98 Å². The fourth-order valence-electron chi connectivity index (χ4n) is 2.68. The summed E-state index contributed by atoms with van der Waals surface area (Å²) in [5.74, 6) is 0. The molecule has 0 bridgehead atoms. The number of nitrogens with zero attached hydrogens (tertiary/aromatic N) is 2. The van der Waals surface area contributed by atoms with Crippen LogP contribution in [0.2, 0.25) is 0 Å². The number of nitrogen functional groups attached to an aromatic ring is 1. The third-order valence-electron chi connectivity index (χ3n) is 3.89. The Morgan fingerprint density at radius 2 is 1.92 bits per heavy atom. The number of hydrogen-bond acceptors (Lipinski definition) is 3. The molecule has 1 heterocycles. The third kappa shape index (κ3) is 2.84. The molecule has 1 aromatic heterocycles. The lowest BCUT2D eigenvalue weighted by molar-refractivity contribution is -0.137. The summed E-state index contributed by atoms with van der Waals surface area (Å²) in [5.41, 5.74) is 6.48. The van der Waals surface area contributed by atoms with Crippen LogP contribution in [0.4, 0.5) is 18.9 Å². The maximum absolute atomic E-state index is 12.9. The molecule has 1 atom stereocenters. The standard InChI is InChI=1S/C17H14F3N3O/c1-10(11-3-2-4-12(7-11)17(18,19)20)23-15-6-5-13(21)8-14(15)22-9-16(23)24/h2-10H,21H2,1H3/t10-/m0/s1. The zero-order valence-corrected chi connectivity index (χ0v) is 12.7. The van der Waals surface area contributed by atoms with Gasteiger partial charge in [-0.1, -0.05) is 12.1 Å². The minimum atomic E-state index is -4.44. The van der Waals surface area contributed by atoms with Crippen molar-refractivity contribution >= 4 is 16.7 Å². The number of alkyl halides is 3. The summed E-state index contributed by atoms with van der Waals surface area (Å²) in [6.45, 7) is 1.67. The Bertz CT molecular complexity index is 963. The van der Waals surface area contributed by atoms with E-state index in [-0.39, 0.29) is 0 Å². The number of benzene rings is 2. The van der Waals surface area contributed by atoms with Gasteiger partial charge in [0.15, 0.2) is 0 Å². The highest BCUT2D eigenvalue weighted by atomic mass is 19.4. The molecule has 24 heavy (non-hydrogen) atoms. The highest BCUT2D eigenvalue weighted by Crippen LogP contribution is 2.31. The van der Waals surface area contributed by atoms with Crippen LogP contribution in [0.15, 0.2) is 53.5 Å². The van der Waals surface area contributed by atoms with Crippen molar-refractivity contribution in [2.75, 3.05) is 5.73 Å². The van der Waals surface area contributed by atoms with Crippen LogP contribution in [0.5, 0.6) is 0 Å². The Morgan fingerprint density at radius 3 is 2.62 bits per heavy atom. The van der Waals surface area contributed by atoms with Crippen molar-refractivity contribution in [3.8, 4) is 0 Å². The highest BCUT2D eigenvalue weighted by molar-refractivity contribution is 5.78. The van der Waals surface area contributed by atoms with Gasteiger partial charge >= 0.3 is 6.18 Å². The van der Waals surface area contributed by atoms with Crippen LogP contribution >= 0.6 is 0 Å². The molecule has 3 aromatic rings. The van der Waals surface area contributed by atoms with E-state index in [0.29, 0.717) is 22.3 Å². The van der Waals surface area contributed by atoms with Crippen LogP contribution in [0.3, 0.4) is 0 Å². The Morgan fingerprint density at radius 1 is 1.17 bits per heavy atom. The average Bonchev–Trinajstić information content (AvgIpc) is 2.54. The molecule has 0 saturated heterocycles. The van der Waals surface area contributed by atoms with Crippen LogP contribution in [0.25, 0.3) is 11.0 Å². The van der Waals surface area contributed by atoms with Crippen LogP contribution in [-0.2, 0) is 6.18 Å². The first-order chi connectivity index (χ1) is 11.3. The minimum absolute atomic E-state index is 0.385. The molecular formula is C17H14F3N3O. The molecular weight excluding hydrogens is 319 g/mol. The Balaban J connectivity index is 2.17. The summed E-state index contributed by atoms with van der Waals surface area (Å²) in [4.78, 5) is 16.3. The van der Waals surface area contributed by atoms with Crippen LogP contribution in [0.1, 0.15) is 24.1 Å². The molecule has 0 saturated carbocycles. The number of anilines is 1. The van der Waals surface area contributed by atoms with Crippen molar-refractivity contribution in [3.05, 3.63) is 70.1 Å². The average molecular weight is 333 g/mol. The molecule has 2 aromatic carbocycles. The van der Waals surface area contributed by atoms with E-state index in [1.807, 2.05) is 0 Å². The van der Waals surface area contributed by atoms with Gasteiger partial charge in [0, 0.05) is 5.69 Å². The van der Waals surface area contributed by atoms with Gasteiger partial charge in [0.1, 0.15) is 0 Å². The van der Waals surface area contributed by atoms with E-state index in [0.717, 1.165) is 18.3 Å². The van der Waals surface area contributed by atoms with E-state index in [9.17, 15) is 18.0 Å². The van der Waals surface area contributed by atoms with Crippen molar-refractivity contribution < 1.29 is 13.2 Å². The summed E-state index contributed by atoms with van der Waals surface area (Å²) in [6.07, 6.45) is -3.29. The number of halogens is 3. The first-order valence-electron chi connectivity index (χ1n) is 7.21. The SMILES string of the molecule is C[C@@H](c1cccc(C(F)(F)F)c1)n1c(=O)cnc2cc(N)ccc21. The lowest BCUT2D eigenvalue weighted by Crippen LogP contribution is -2.24. The molecule has 0 aliphatic rings. The predicted molar refractivity (Wildman–Crippen MR) is 85.7 cm³/mol. The topological polar surface area (TPSA) is 60.9 Å². The second kappa shape index (κ2) is 5.67. The first-order valence-corrected chi connectivity index (χ1v) is 7.21. The lowest BCUT2D eigenvalue weighted by Gasteiger charge is -2.19. The molecule has 0 fully saturated rings. The van der Waals surface area contributed by atoms with E-state index >= 15 is 0 Å². The molecule has 0 radical (unpaired) electrons. The van der Waals surface area contributed by atoms with E-state index in [4.69, 9.17) is 5.73 Å². The quantitative estimate of drug-likeness (QED) is 0.729. The number of aromatic nitrogens is 2. The summed E-state index contributed by atoms with van der Waals surface area (Å²) >= 11 is 0. The van der Waals surface area contributed by atoms with Gasteiger partial charge in [-0.3, -0.25) is 9.36 Å². The zero-order chi connectivity index (χ0) is 17.5. The normalized spacial score (nSPS) is 13.2. The van der Waals surface area contributed by atoms with Crippen LogP contribution in [0, 0.1) is 0 Å². The monoisotopic (exact) mass is 333 g/mol. The molecule has 124 valence electrons. The summed E-state index contributed by atoms with van der Waals surface area (Å²) in [5, 5.41) is 0. The van der Waals surface area contributed by atoms with Crippen molar-refractivity contribution in [3.63, 3.8) is 0 Å². The van der Waals surface area contributed by atoms with E-state index in [2.05, 4.69) is 4.98 Å². The Hall–Kier alpha value is -2.83. The molecule has 4 nitrogen and oxygen atoms in total. The smallest absolute Gasteiger partial charge is 0.399 e. The summed E-state index contributed by atoms with van der Waals surface area (Å²) < 4.78 is 40.2. The number of nitrogens with two attached hydrogens (primary N) is 1. The van der Waals surface area contributed by atoms with E-state index < -0.39 is 23.3 Å². The van der Waals surface area contributed by atoms with Crippen LogP contribution < -0.4 is 11.3 Å². The molecule has 0 aliphatic carbocycles. The number of hydrogen-bond donors (Lipinski definition) is 1. The largest absolute Gasteiger partial charge is 0.416 e. The number of rotatable bonds is 2. The van der Waals surface area contributed by atoms with Gasteiger partial charge in [-0.2, -0.15) is 13.2 Å². The van der Waals surface area contributed by atoms with Gasteiger partial charge in [-0.05, 0) is 42.8 Å². The zero-order valence-electron chi connectivity index (χ0n) is 12.7. The molecule has 0 unspecified atom stereocenters. The molecule has 0 amide bonds. The van der Waals surface area contributed by atoms with E-state index in [1.165, 1.54) is 10.6 Å². The molecule has 0 aliphatic heterocycles. The maximum atomic E-state index is 12.9. The molecule has 2 N–H and O–H groups in total. The molecule has 7 heteroatoms. The van der Waals surface area contributed by atoms with Gasteiger partial charge in [0.2, 0.25) is 0 Å². The van der Waals surface area contributed by atoms with Crippen molar-refractivity contribution in [1.29, 1.82) is 0 Å². The second-order valence-electron chi connectivity index (χ2n) is 5.51. The van der Waals surface area contributed by atoms with Crippen LogP contribution in [-0.4, -0.2) is 9.55 Å². The molecule has 3 rings (SSSR count). The van der Waals surface area contributed by atoms with Gasteiger partial charge < -0.3 is 5.73 Å². The Labute approximate surface area is 135 Å². The van der Waals surface area contributed by atoms with Gasteiger partial charge in [-0.15, -0.1) is 0 Å². The molecule has 0 spiro atoms. The van der Waals surface area contributed by atoms with Crippen molar-refractivity contribution in [2.45, 2.75) is 19.1 Å². The fourth-order valence-corrected chi connectivity index (χ4v) is 2.68. The Kier molecular flexibility index (Phi) is 3.79. The summed E-state index contributed by atoms with van der Waals surface area (Å²) in [7, 11) is 0. The third-order valence-corrected chi connectivity index (χ3v) is 3.89. The minimum Gasteiger partial charge on any atom is -0.399 e.